The number of carbonyl (C=O) groups is 1. The Morgan fingerprint density at radius 1 is 1.75 bits per heavy atom. The van der Waals surface area contributed by atoms with Gasteiger partial charge in [-0.1, -0.05) is 23.2 Å². The van der Waals surface area contributed by atoms with Gasteiger partial charge in [-0.15, -0.1) is 0 Å². The minimum Gasteiger partial charge on any atom is -0.430 e. The van der Waals surface area contributed by atoms with Crippen LogP contribution in [0.2, 0.25) is 0 Å². The number of rotatable bonds is 2. The van der Waals surface area contributed by atoms with Crippen molar-refractivity contribution in [3.8, 4) is 0 Å². The predicted molar refractivity (Wildman–Crippen MR) is 27.6 cm³/mol. The highest BCUT2D eigenvalue weighted by molar-refractivity contribution is 6.43. The van der Waals surface area contributed by atoms with Crippen LogP contribution in [0, 0.1) is 0 Å². The van der Waals surface area contributed by atoms with Crippen molar-refractivity contribution in [3.63, 3.8) is 0 Å². The molecule has 0 bridgehead atoms. The topological polar surface area (TPSA) is 26.3 Å². The van der Waals surface area contributed by atoms with E-state index < -0.39 is 17.7 Å². The summed E-state index contributed by atoms with van der Waals surface area (Å²) >= 11 is 9.81. The van der Waals surface area contributed by atoms with Gasteiger partial charge in [-0.2, -0.15) is 0 Å². The van der Waals surface area contributed by atoms with E-state index in [0.717, 1.165) is 0 Å². The van der Waals surface area contributed by atoms with Gasteiger partial charge in [-0.25, -0.2) is 9.18 Å². The molecule has 0 aromatic heterocycles. The van der Waals surface area contributed by atoms with Gasteiger partial charge in [-0.3, -0.25) is 0 Å². The van der Waals surface area contributed by atoms with Crippen LogP contribution in [0.1, 0.15) is 0 Å². The fourth-order valence-electron chi connectivity index (χ4n) is 0.131. The monoisotopic (exact) mass is 160 g/mol. The Bertz CT molecular complexity index is 85.4. The van der Waals surface area contributed by atoms with Gasteiger partial charge in [0.05, 0.1) is 0 Å². The Hall–Kier alpha value is -0.0200. The van der Waals surface area contributed by atoms with Crippen LogP contribution in [0.15, 0.2) is 0 Å². The molecule has 2 nitrogen and oxygen atoms in total. The maximum absolute atomic E-state index is 11.2. The van der Waals surface area contributed by atoms with Crippen molar-refractivity contribution in [2.75, 3.05) is 6.67 Å². The fraction of sp³-hybridized carbons (Fsp3) is 0.667. The summed E-state index contributed by atoms with van der Waals surface area (Å²) in [7, 11) is 0. The van der Waals surface area contributed by atoms with Gasteiger partial charge in [0.1, 0.15) is 0 Å². The van der Waals surface area contributed by atoms with Crippen LogP contribution in [0.3, 0.4) is 0 Å². The lowest BCUT2D eigenvalue weighted by molar-refractivity contribution is -0.143. The molecule has 0 fully saturated rings. The second-order valence-electron chi connectivity index (χ2n) is 0.884. The molecular formula is C3H3Cl2FO2. The summed E-state index contributed by atoms with van der Waals surface area (Å²) in [5.74, 6) is -1.06. The third-order valence-corrected chi connectivity index (χ3v) is 0.508. The SMILES string of the molecule is O=C(CF)OC(Cl)Cl. The molecule has 0 aromatic rings. The number of halogens is 3. The summed E-state index contributed by atoms with van der Waals surface area (Å²) in [5.41, 5.74) is 0. The Morgan fingerprint density at radius 2 is 2.25 bits per heavy atom. The smallest absolute Gasteiger partial charge is 0.339 e. The van der Waals surface area contributed by atoms with E-state index in [9.17, 15) is 9.18 Å². The van der Waals surface area contributed by atoms with Crippen LogP contribution in [0.25, 0.3) is 0 Å². The van der Waals surface area contributed by atoms with Crippen LogP contribution in [-0.4, -0.2) is 17.7 Å². The minimum atomic E-state index is -1.27. The molecule has 0 heterocycles. The van der Waals surface area contributed by atoms with Crippen molar-refractivity contribution >= 4 is 29.2 Å². The zero-order valence-electron chi connectivity index (χ0n) is 3.73. The summed E-state index contributed by atoms with van der Waals surface area (Å²) in [5, 5.41) is -1.27. The molecular weight excluding hydrogens is 158 g/mol. The van der Waals surface area contributed by atoms with Crippen molar-refractivity contribution in [1.29, 1.82) is 0 Å². The highest BCUT2D eigenvalue weighted by atomic mass is 35.5. The van der Waals surface area contributed by atoms with Gasteiger partial charge >= 0.3 is 5.97 Å². The largest absolute Gasteiger partial charge is 0.430 e. The van der Waals surface area contributed by atoms with E-state index in [2.05, 4.69) is 4.74 Å². The molecule has 5 heteroatoms. The van der Waals surface area contributed by atoms with Crippen molar-refractivity contribution in [3.05, 3.63) is 0 Å². The maximum Gasteiger partial charge on any atom is 0.339 e. The van der Waals surface area contributed by atoms with Crippen molar-refractivity contribution in [1.82, 2.24) is 0 Å². The van der Waals surface area contributed by atoms with E-state index in [4.69, 9.17) is 23.2 Å². The molecule has 0 radical (unpaired) electrons. The third-order valence-electron chi connectivity index (χ3n) is 0.330. The number of ether oxygens (including phenoxy) is 1. The third kappa shape index (κ3) is 4.15. The summed E-state index contributed by atoms with van der Waals surface area (Å²) < 4.78 is 15.1. The van der Waals surface area contributed by atoms with Gasteiger partial charge in [0.25, 0.3) is 5.02 Å². The van der Waals surface area contributed by atoms with E-state index in [1.54, 1.807) is 0 Å². The van der Waals surface area contributed by atoms with Gasteiger partial charge < -0.3 is 4.74 Å². The molecule has 0 rings (SSSR count). The summed E-state index contributed by atoms with van der Waals surface area (Å²) in [6.45, 7) is -1.20. The number of esters is 1. The molecule has 0 aliphatic rings. The lowest BCUT2D eigenvalue weighted by atomic mass is 10.8. The average Bonchev–Trinajstić information content (AvgIpc) is 1.65. The normalized spacial score (nSPS) is 9.50. The summed E-state index contributed by atoms with van der Waals surface area (Å²) in [4.78, 5) is 9.86. The zero-order valence-corrected chi connectivity index (χ0v) is 5.25. The van der Waals surface area contributed by atoms with E-state index in [1.165, 1.54) is 0 Å². The maximum atomic E-state index is 11.2. The van der Waals surface area contributed by atoms with E-state index in [0.29, 0.717) is 0 Å². The molecule has 0 aromatic carbocycles. The first-order chi connectivity index (χ1) is 3.66. The quantitative estimate of drug-likeness (QED) is 0.450. The first-order valence-electron chi connectivity index (χ1n) is 1.70. The molecule has 0 saturated carbocycles. The van der Waals surface area contributed by atoms with Crippen molar-refractivity contribution in [2.45, 2.75) is 5.02 Å². The van der Waals surface area contributed by atoms with Gasteiger partial charge in [0, 0.05) is 0 Å². The Balaban J connectivity index is 3.25. The van der Waals surface area contributed by atoms with Crippen LogP contribution in [-0.2, 0) is 9.53 Å². The van der Waals surface area contributed by atoms with E-state index in [1.807, 2.05) is 0 Å². The highest BCUT2D eigenvalue weighted by Gasteiger charge is 2.05. The highest BCUT2D eigenvalue weighted by Crippen LogP contribution is 2.02. The van der Waals surface area contributed by atoms with Gasteiger partial charge in [-0.05, 0) is 0 Å². The van der Waals surface area contributed by atoms with Crippen LogP contribution in [0.5, 0.6) is 0 Å². The molecule has 0 N–H and O–H groups in total. The average molecular weight is 161 g/mol. The number of carbonyl (C=O) groups excluding carboxylic acids is 1. The number of alkyl halides is 3. The second-order valence-corrected chi connectivity index (χ2v) is 1.90. The Morgan fingerprint density at radius 3 is 2.38 bits per heavy atom. The standard InChI is InChI=1S/C3H3Cl2FO2/c4-3(5)8-2(7)1-6/h3H,1H2. The Kier molecular flexibility index (Phi) is 3.91. The van der Waals surface area contributed by atoms with Gasteiger partial charge in [0.2, 0.25) is 0 Å². The molecule has 0 saturated heterocycles. The van der Waals surface area contributed by atoms with E-state index in [-0.39, 0.29) is 0 Å². The first-order valence-corrected chi connectivity index (χ1v) is 2.57. The van der Waals surface area contributed by atoms with E-state index >= 15 is 0 Å². The second kappa shape index (κ2) is 3.92. The Labute approximate surface area is 55.5 Å². The van der Waals surface area contributed by atoms with Crippen LogP contribution in [0.4, 0.5) is 4.39 Å². The lowest BCUT2D eigenvalue weighted by Gasteiger charge is -1.98. The molecule has 8 heavy (non-hydrogen) atoms. The summed E-state index contributed by atoms with van der Waals surface area (Å²) in [6, 6.07) is 0. The number of hydrogen-bond donors (Lipinski definition) is 0. The summed E-state index contributed by atoms with van der Waals surface area (Å²) in [6.07, 6.45) is 0. The molecule has 0 aliphatic heterocycles. The fourth-order valence-corrected chi connectivity index (χ4v) is 0.330. The molecule has 0 amide bonds. The number of hydrogen-bond acceptors (Lipinski definition) is 2. The van der Waals surface area contributed by atoms with Crippen LogP contribution < -0.4 is 0 Å². The first kappa shape index (κ1) is 7.98. The molecule has 0 unspecified atom stereocenters. The minimum absolute atomic E-state index is 1.06. The van der Waals surface area contributed by atoms with Crippen LogP contribution >= 0.6 is 23.2 Å². The predicted octanol–water partition coefficient (Wildman–Crippen LogP) is 1.26. The zero-order chi connectivity index (χ0) is 6.57. The molecule has 0 aliphatic carbocycles. The molecule has 0 spiro atoms. The molecule has 48 valence electrons. The molecule has 0 atom stereocenters. The lowest BCUT2D eigenvalue weighted by Crippen LogP contribution is -2.08. The van der Waals surface area contributed by atoms with Gasteiger partial charge in [0.15, 0.2) is 6.67 Å². The van der Waals surface area contributed by atoms with Crippen molar-refractivity contribution < 1.29 is 13.9 Å². The van der Waals surface area contributed by atoms with Crippen molar-refractivity contribution in [2.24, 2.45) is 0 Å².